The molecule has 0 aliphatic rings. The van der Waals surface area contributed by atoms with Crippen LogP contribution in [-0.4, -0.2) is 67.6 Å². The van der Waals surface area contributed by atoms with Crippen molar-refractivity contribution in [2.75, 3.05) is 0 Å². The van der Waals surface area contributed by atoms with E-state index in [0.717, 1.165) is 0 Å². The average Bonchev–Trinajstić information content (AvgIpc) is 1.60. The summed E-state index contributed by atoms with van der Waals surface area (Å²) in [6.07, 6.45) is 0. The van der Waals surface area contributed by atoms with Gasteiger partial charge in [0.05, 0.1) is 0 Å². The summed E-state index contributed by atoms with van der Waals surface area (Å²) >= 11 is 5.42. The predicted octanol–water partition coefficient (Wildman–Crippen LogP) is 21.6. The second-order valence-electron chi connectivity index (χ2n) is 22.3. The molecule has 0 atom stereocenters. The van der Waals surface area contributed by atoms with Gasteiger partial charge in [0.25, 0.3) is 0 Å². The van der Waals surface area contributed by atoms with Crippen molar-refractivity contribution in [3.8, 4) is 27.9 Å². The molecule has 408 valence electrons. The number of halogens is 1. The van der Waals surface area contributed by atoms with E-state index in [-0.39, 0.29) is 0 Å². The molecule has 7 heteroatoms. The van der Waals surface area contributed by atoms with Crippen LogP contribution in [0.1, 0.15) is 0 Å². The van der Waals surface area contributed by atoms with Gasteiger partial charge in [0.2, 0.25) is 0 Å². The monoisotopic (exact) mass is 1430 g/mol. The van der Waals surface area contributed by atoms with Crippen molar-refractivity contribution in [1.29, 1.82) is 0 Å². The summed E-state index contributed by atoms with van der Waals surface area (Å²) < 4.78 is 16.3. The third kappa shape index (κ3) is 8.31. The fraction of sp³-hybridized carbons (Fsp3) is 0. The number of benzene rings is 14. The molecule has 0 radical (unpaired) electrons. The maximum atomic E-state index is 3.83. The van der Waals surface area contributed by atoms with Crippen molar-refractivity contribution in [2.24, 2.45) is 0 Å². The predicted molar refractivity (Wildman–Crippen MR) is 384 cm³/mol. The van der Waals surface area contributed by atoms with Gasteiger partial charge in [0.15, 0.2) is 0 Å². The van der Waals surface area contributed by atoms with E-state index in [9.17, 15) is 0 Å². The minimum atomic E-state index is 0.307. The van der Waals surface area contributed by atoms with E-state index in [0.29, 0.717) is 58.0 Å². The second-order valence-corrected chi connectivity index (χ2v) is 32.0. The van der Waals surface area contributed by atoms with E-state index in [1.54, 1.807) is 17.0 Å². The Balaban J connectivity index is 0.000000109. The van der Waals surface area contributed by atoms with Crippen LogP contribution in [0.25, 0.3) is 170 Å². The topological polar surface area (TPSA) is 20.7 Å². The fourth-order valence-corrected chi connectivity index (χ4v) is 25.5. The SMILES string of the molecule is Brc1c2ccccc2c(-c2ccc3ccccc3c2)c2ccccc12.c1ccc2c(c1)[se]c1c2[nH]c2c3ccccc3[se]c21.c1ccc2cc(-c3c4ccccc4c(-n4c5c6ccccc6[se]c5c5[se]c6ccccc6c54)c4ccccc34)ccc2c1. The van der Waals surface area contributed by atoms with Gasteiger partial charge in [-0.3, -0.25) is 0 Å². The number of aromatic nitrogens is 2. The van der Waals surface area contributed by atoms with E-state index >= 15 is 0 Å². The number of hydrogen-bond acceptors (Lipinski definition) is 0. The summed E-state index contributed by atoms with van der Waals surface area (Å²) in [5.41, 5.74) is 12.1. The van der Waals surface area contributed by atoms with Gasteiger partial charge in [-0.15, -0.1) is 0 Å². The summed E-state index contributed by atoms with van der Waals surface area (Å²) in [7, 11) is 0. The molecule has 0 bridgehead atoms. The summed E-state index contributed by atoms with van der Waals surface area (Å²) in [5, 5.41) is 21.1. The van der Waals surface area contributed by atoms with E-state index in [1.807, 2.05) is 0 Å². The van der Waals surface area contributed by atoms with Gasteiger partial charge in [-0.2, -0.15) is 0 Å². The summed E-state index contributed by atoms with van der Waals surface area (Å²) in [4.78, 5) is 3.72. The van der Waals surface area contributed by atoms with Crippen LogP contribution in [0.15, 0.2) is 284 Å². The van der Waals surface area contributed by atoms with Crippen LogP contribution in [0.2, 0.25) is 0 Å². The third-order valence-electron chi connectivity index (χ3n) is 17.5. The number of aromatic amines is 1. The molecule has 2 nitrogen and oxygen atoms in total. The molecular weight excluding hydrogens is 1380 g/mol. The molecule has 6 heterocycles. The van der Waals surface area contributed by atoms with Crippen LogP contribution in [0, 0.1) is 0 Å². The third-order valence-corrected chi connectivity index (χ3v) is 29.6. The zero-order valence-corrected chi connectivity index (χ0v) is 55.0. The number of nitrogens with zero attached hydrogens (tertiary/aromatic N) is 1. The van der Waals surface area contributed by atoms with Gasteiger partial charge < -0.3 is 0 Å². The molecule has 14 aromatic carbocycles. The number of H-pyrrole nitrogens is 1. The Morgan fingerprint density at radius 1 is 0.264 bits per heavy atom. The molecule has 6 aromatic heterocycles. The quantitative estimate of drug-likeness (QED) is 0.134. The van der Waals surface area contributed by atoms with E-state index in [4.69, 9.17) is 0 Å². The summed E-state index contributed by atoms with van der Waals surface area (Å²) in [6, 6.07) is 102. The molecule has 20 aromatic rings. The molecule has 0 amide bonds. The van der Waals surface area contributed by atoms with Crippen LogP contribution in [0.5, 0.6) is 0 Å². The zero-order valence-electron chi connectivity index (χ0n) is 46.5. The Morgan fingerprint density at radius 2 is 0.563 bits per heavy atom. The maximum absolute atomic E-state index is 3.83. The molecule has 87 heavy (non-hydrogen) atoms. The first-order valence-corrected chi connectivity index (χ1v) is 36.9. The van der Waals surface area contributed by atoms with Crippen LogP contribution >= 0.6 is 15.9 Å². The standard InChI is InChI=1S/C40H23NSe2.C24H15Br.C16H9NSe2/c1-2-12-25-23-26(22-21-24(25)11-1)35-27-13-3-5-15-29(27)36(30-16-6-4-14-28(30)35)41-37-31-17-7-9-19-33(31)42-39(37)40-38(41)32-18-8-10-20-34(32)43-40;25-24-21-11-5-3-9-19(21)23(20-10-4-6-12-22(20)24)18-14-13-16-7-1-2-8-17(16)15-18;1-3-7-11-9(5-1)13-15(18-11)16-14(17-13)10-6-2-4-8-12(10)19-16/h1-23H;1-15H;1-8,17H. The Bertz CT molecular complexity index is 5900. The van der Waals surface area contributed by atoms with Gasteiger partial charge >= 0.3 is 376 Å². The van der Waals surface area contributed by atoms with Gasteiger partial charge in [0, 0.05) is 4.47 Å². The normalized spacial score (nSPS) is 12.0. The molecule has 0 fully saturated rings. The van der Waals surface area contributed by atoms with Gasteiger partial charge in [-0.1, -0.05) is 91.0 Å². The minimum absolute atomic E-state index is 0.307. The Labute approximate surface area is 532 Å². The molecule has 0 saturated carbocycles. The number of fused-ring (bicyclic) bond motifs is 20. The average molecular weight is 1430 g/mol. The number of hydrogen-bond donors (Lipinski definition) is 1. The molecule has 0 aliphatic heterocycles. The van der Waals surface area contributed by atoms with Crippen molar-refractivity contribution in [3.05, 3.63) is 284 Å². The van der Waals surface area contributed by atoms with Crippen molar-refractivity contribution >= 4 is 216 Å². The molecular formula is C80H47BrN2Se4. The van der Waals surface area contributed by atoms with Crippen LogP contribution in [-0.2, 0) is 0 Å². The fourth-order valence-electron chi connectivity index (χ4n) is 13.7. The summed E-state index contributed by atoms with van der Waals surface area (Å²) in [5.74, 6) is 0. The number of rotatable bonds is 3. The summed E-state index contributed by atoms with van der Waals surface area (Å²) in [6.45, 7) is 0. The first kappa shape index (κ1) is 51.9. The zero-order chi connectivity index (χ0) is 57.3. The Morgan fingerprint density at radius 3 is 0.977 bits per heavy atom. The van der Waals surface area contributed by atoms with Gasteiger partial charge in [-0.25, -0.2) is 0 Å². The van der Waals surface area contributed by atoms with Crippen LogP contribution in [0.3, 0.4) is 0 Å². The molecule has 0 spiro atoms. The van der Waals surface area contributed by atoms with Gasteiger partial charge in [-0.05, 0) is 65.4 Å². The van der Waals surface area contributed by atoms with Gasteiger partial charge in [0.1, 0.15) is 0 Å². The van der Waals surface area contributed by atoms with E-state index < -0.39 is 0 Å². The van der Waals surface area contributed by atoms with E-state index in [2.05, 4.69) is 305 Å². The first-order valence-electron chi connectivity index (χ1n) is 29.2. The van der Waals surface area contributed by atoms with Crippen molar-refractivity contribution in [2.45, 2.75) is 0 Å². The number of nitrogens with one attached hydrogen (secondary N) is 1. The van der Waals surface area contributed by atoms with E-state index in [1.165, 1.54) is 158 Å². The van der Waals surface area contributed by atoms with Crippen LogP contribution in [0.4, 0.5) is 0 Å². The molecule has 0 saturated heterocycles. The van der Waals surface area contributed by atoms with Crippen molar-refractivity contribution in [1.82, 2.24) is 9.55 Å². The van der Waals surface area contributed by atoms with Crippen molar-refractivity contribution in [3.63, 3.8) is 0 Å². The Kier molecular flexibility index (Phi) is 12.5. The Hall–Kier alpha value is -8.24. The molecule has 0 unspecified atom stereocenters. The first-order chi connectivity index (χ1) is 43.1. The molecule has 20 rings (SSSR count). The second kappa shape index (κ2) is 21.0. The van der Waals surface area contributed by atoms with Crippen molar-refractivity contribution < 1.29 is 0 Å². The van der Waals surface area contributed by atoms with Crippen LogP contribution < -0.4 is 0 Å². The molecule has 1 N–H and O–H groups in total. The molecule has 0 aliphatic carbocycles.